The number of aryl methyl sites for hydroxylation is 2. The molecule has 0 bridgehead atoms. The van der Waals surface area contributed by atoms with Crippen molar-refractivity contribution in [2.45, 2.75) is 13.8 Å². The molecular formula is C8H9N2O. The van der Waals surface area contributed by atoms with Gasteiger partial charge in [-0.25, -0.2) is 0 Å². The van der Waals surface area contributed by atoms with Crippen molar-refractivity contribution in [2.24, 2.45) is 5.73 Å². The van der Waals surface area contributed by atoms with E-state index in [4.69, 9.17) is 5.73 Å². The van der Waals surface area contributed by atoms with E-state index in [2.05, 4.69) is 11.1 Å². The van der Waals surface area contributed by atoms with E-state index in [0.29, 0.717) is 11.3 Å². The maximum atomic E-state index is 10.7. The predicted molar refractivity (Wildman–Crippen MR) is 41.1 cm³/mol. The summed E-state index contributed by atoms with van der Waals surface area (Å²) in [7, 11) is 0. The van der Waals surface area contributed by atoms with Crippen LogP contribution < -0.4 is 5.73 Å². The molecule has 1 amide bonds. The number of pyridine rings is 1. The quantitative estimate of drug-likeness (QED) is 0.635. The second-order valence-electron chi connectivity index (χ2n) is 2.35. The number of amides is 1. The molecule has 1 aromatic heterocycles. The number of primary amides is 1. The first-order valence-electron chi connectivity index (χ1n) is 3.27. The largest absolute Gasteiger partial charge is 0.366 e. The summed E-state index contributed by atoms with van der Waals surface area (Å²) in [6.07, 6.45) is 0. The summed E-state index contributed by atoms with van der Waals surface area (Å²) in [6.45, 7) is 3.57. The van der Waals surface area contributed by atoms with Crippen LogP contribution >= 0.6 is 0 Å². The molecule has 11 heavy (non-hydrogen) atoms. The average molecular weight is 149 g/mol. The van der Waals surface area contributed by atoms with Crippen LogP contribution in [0.3, 0.4) is 0 Å². The Kier molecular flexibility index (Phi) is 1.89. The number of carbonyl (C=O) groups excluding carboxylic acids is 1. The van der Waals surface area contributed by atoms with Gasteiger partial charge in [-0.3, -0.25) is 9.78 Å². The van der Waals surface area contributed by atoms with Gasteiger partial charge in [-0.15, -0.1) is 0 Å². The van der Waals surface area contributed by atoms with E-state index in [1.165, 1.54) is 0 Å². The molecule has 1 radical (unpaired) electrons. The molecule has 2 N–H and O–H groups in total. The zero-order chi connectivity index (χ0) is 8.43. The van der Waals surface area contributed by atoms with E-state index in [1.54, 1.807) is 13.0 Å². The van der Waals surface area contributed by atoms with Crippen LogP contribution in [0.5, 0.6) is 0 Å². The predicted octanol–water partition coefficient (Wildman–Crippen LogP) is 0.598. The van der Waals surface area contributed by atoms with Crippen LogP contribution in [-0.2, 0) is 0 Å². The van der Waals surface area contributed by atoms with Gasteiger partial charge in [-0.05, 0) is 19.9 Å². The molecule has 57 valence electrons. The van der Waals surface area contributed by atoms with Gasteiger partial charge in [-0.2, -0.15) is 0 Å². The van der Waals surface area contributed by atoms with Crippen LogP contribution in [-0.4, -0.2) is 10.9 Å². The fraction of sp³-hybridized carbons (Fsp3) is 0.250. The highest BCUT2D eigenvalue weighted by Gasteiger charge is 2.04. The first-order valence-corrected chi connectivity index (χ1v) is 3.27. The summed E-state index contributed by atoms with van der Waals surface area (Å²) >= 11 is 0. The molecule has 0 aliphatic carbocycles. The average Bonchev–Trinajstić information content (AvgIpc) is 1.85. The Balaban J connectivity index is 3.20. The zero-order valence-electron chi connectivity index (χ0n) is 6.51. The maximum Gasteiger partial charge on any atom is 0.250 e. The minimum atomic E-state index is -0.453. The lowest BCUT2D eigenvalue weighted by molar-refractivity contribution is 0.0999. The Hall–Kier alpha value is -1.38. The Morgan fingerprint density at radius 1 is 1.64 bits per heavy atom. The molecule has 0 saturated heterocycles. The Morgan fingerprint density at radius 2 is 2.27 bits per heavy atom. The topological polar surface area (TPSA) is 56.0 Å². The van der Waals surface area contributed by atoms with Crippen molar-refractivity contribution in [1.82, 2.24) is 4.98 Å². The third kappa shape index (κ3) is 1.55. The van der Waals surface area contributed by atoms with Gasteiger partial charge in [0, 0.05) is 11.8 Å². The highest BCUT2D eigenvalue weighted by atomic mass is 16.1. The molecule has 1 heterocycles. The molecule has 0 spiro atoms. The summed E-state index contributed by atoms with van der Waals surface area (Å²) in [5, 5.41) is 0. The fourth-order valence-corrected chi connectivity index (χ4v) is 0.875. The standard InChI is InChI=1S/C8H9N2O/c1-5-3-4-7(8(9)11)6(2)10-5/h4H,1-2H3,(H2,9,11). The monoisotopic (exact) mass is 149 g/mol. The zero-order valence-corrected chi connectivity index (χ0v) is 6.51. The van der Waals surface area contributed by atoms with Gasteiger partial charge in [0.05, 0.1) is 11.3 Å². The minimum Gasteiger partial charge on any atom is -0.366 e. The number of aromatic nitrogens is 1. The molecule has 0 aliphatic rings. The lowest BCUT2D eigenvalue weighted by atomic mass is 10.2. The second-order valence-corrected chi connectivity index (χ2v) is 2.35. The molecule has 1 rings (SSSR count). The van der Waals surface area contributed by atoms with Crippen molar-refractivity contribution in [2.75, 3.05) is 0 Å². The van der Waals surface area contributed by atoms with E-state index in [-0.39, 0.29) is 0 Å². The number of nitrogens with two attached hydrogens (primary N) is 1. The highest BCUT2D eigenvalue weighted by Crippen LogP contribution is 2.03. The summed E-state index contributed by atoms with van der Waals surface area (Å²) < 4.78 is 0. The van der Waals surface area contributed by atoms with E-state index in [1.807, 2.05) is 6.92 Å². The Bertz CT molecular complexity index is 294. The molecule has 0 aromatic carbocycles. The second kappa shape index (κ2) is 2.70. The van der Waals surface area contributed by atoms with Gasteiger partial charge < -0.3 is 5.73 Å². The van der Waals surface area contributed by atoms with Crippen LogP contribution in [0, 0.1) is 19.9 Å². The van der Waals surface area contributed by atoms with Crippen LogP contribution in [0.1, 0.15) is 21.7 Å². The van der Waals surface area contributed by atoms with Gasteiger partial charge >= 0.3 is 0 Å². The molecule has 1 aromatic rings. The summed E-state index contributed by atoms with van der Waals surface area (Å²) in [4.78, 5) is 14.7. The Labute approximate surface area is 65.2 Å². The lowest BCUT2D eigenvalue weighted by Crippen LogP contribution is -2.13. The van der Waals surface area contributed by atoms with Crippen molar-refractivity contribution in [1.29, 1.82) is 0 Å². The summed E-state index contributed by atoms with van der Waals surface area (Å²) in [6, 6.07) is 4.38. The van der Waals surface area contributed by atoms with E-state index in [9.17, 15) is 4.79 Å². The molecule has 0 fully saturated rings. The fourth-order valence-electron chi connectivity index (χ4n) is 0.875. The number of nitrogens with zero attached hydrogens (tertiary/aromatic N) is 1. The van der Waals surface area contributed by atoms with Crippen molar-refractivity contribution < 1.29 is 4.79 Å². The molecule has 0 atom stereocenters. The third-order valence-corrected chi connectivity index (χ3v) is 1.42. The molecule has 0 aliphatic heterocycles. The van der Waals surface area contributed by atoms with Crippen molar-refractivity contribution in [3.05, 3.63) is 29.1 Å². The molecule has 0 unspecified atom stereocenters. The van der Waals surface area contributed by atoms with Gasteiger partial charge in [0.25, 0.3) is 5.91 Å². The van der Waals surface area contributed by atoms with E-state index < -0.39 is 5.91 Å². The smallest absolute Gasteiger partial charge is 0.250 e. The van der Waals surface area contributed by atoms with Gasteiger partial charge in [0.15, 0.2) is 0 Å². The lowest BCUT2D eigenvalue weighted by Gasteiger charge is -1.99. The van der Waals surface area contributed by atoms with Crippen LogP contribution in [0.25, 0.3) is 0 Å². The molecular weight excluding hydrogens is 140 g/mol. The van der Waals surface area contributed by atoms with Crippen molar-refractivity contribution in [3.8, 4) is 0 Å². The van der Waals surface area contributed by atoms with Crippen molar-refractivity contribution >= 4 is 5.91 Å². The van der Waals surface area contributed by atoms with Gasteiger partial charge in [0.2, 0.25) is 0 Å². The van der Waals surface area contributed by atoms with E-state index >= 15 is 0 Å². The molecule has 3 nitrogen and oxygen atoms in total. The number of hydrogen-bond acceptors (Lipinski definition) is 2. The number of carbonyl (C=O) groups is 1. The van der Waals surface area contributed by atoms with Crippen LogP contribution in [0.2, 0.25) is 0 Å². The minimum absolute atomic E-state index is 0.440. The number of rotatable bonds is 1. The third-order valence-electron chi connectivity index (χ3n) is 1.42. The van der Waals surface area contributed by atoms with Gasteiger partial charge in [-0.1, -0.05) is 0 Å². The van der Waals surface area contributed by atoms with Crippen LogP contribution in [0.4, 0.5) is 0 Å². The first kappa shape index (κ1) is 7.72. The van der Waals surface area contributed by atoms with Crippen molar-refractivity contribution in [3.63, 3.8) is 0 Å². The highest BCUT2D eigenvalue weighted by molar-refractivity contribution is 5.93. The first-order chi connectivity index (χ1) is 5.11. The normalized spacial score (nSPS) is 9.64. The van der Waals surface area contributed by atoms with Gasteiger partial charge in [0.1, 0.15) is 0 Å². The Morgan fingerprint density at radius 3 is 2.73 bits per heavy atom. The SMILES string of the molecule is Cc1[c]cc(C(N)=O)c(C)n1. The van der Waals surface area contributed by atoms with Crippen LogP contribution in [0.15, 0.2) is 6.07 Å². The summed E-state index contributed by atoms with van der Waals surface area (Å²) in [5.41, 5.74) is 6.94. The molecule has 3 heteroatoms. The summed E-state index contributed by atoms with van der Waals surface area (Å²) in [5.74, 6) is -0.453. The maximum absolute atomic E-state index is 10.7. The van der Waals surface area contributed by atoms with E-state index in [0.717, 1.165) is 5.69 Å². The number of hydrogen-bond donors (Lipinski definition) is 1. The molecule has 0 saturated carbocycles.